The first-order valence-corrected chi connectivity index (χ1v) is 7.82. The van der Waals surface area contributed by atoms with Gasteiger partial charge in [-0.3, -0.25) is 4.79 Å². The van der Waals surface area contributed by atoms with Crippen LogP contribution in [0.2, 0.25) is 0 Å². The van der Waals surface area contributed by atoms with Crippen LogP contribution < -0.4 is 0 Å². The molecule has 124 valence electrons. The van der Waals surface area contributed by atoms with Gasteiger partial charge >= 0.3 is 5.97 Å². The summed E-state index contributed by atoms with van der Waals surface area (Å²) >= 11 is 0. The van der Waals surface area contributed by atoms with Crippen LogP contribution in [0, 0.1) is 0 Å². The molecule has 0 aliphatic rings. The Morgan fingerprint density at radius 2 is 1.71 bits per heavy atom. The monoisotopic (exact) mass is 325 g/mol. The highest BCUT2D eigenvalue weighted by atomic mass is 16.4. The SMILES string of the molecule is CCc1c(CC(=O)O)c2cc(O)ccc2n1Cc1ccc(O)cc1. The van der Waals surface area contributed by atoms with Crippen molar-refractivity contribution in [3.05, 3.63) is 59.3 Å². The van der Waals surface area contributed by atoms with Crippen molar-refractivity contribution < 1.29 is 20.1 Å². The van der Waals surface area contributed by atoms with Gasteiger partial charge in [-0.15, -0.1) is 0 Å². The van der Waals surface area contributed by atoms with Gasteiger partial charge in [0, 0.05) is 23.1 Å². The average molecular weight is 325 g/mol. The van der Waals surface area contributed by atoms with E-state index < -0.39 is 5.97 Å². The first-order chi connectivity index (χ1) is 11.5. The van der Waals surface area contributed by atoms with Gasteiger partial charge in [0.15, 0.2) is 0 Å². The van der Waals surface area contributed by atoms with E-state index in [-0.39, 0.29) is 17.9 Å². The molecule has 1 heterocycles. The standard InChI is InChI=1S/C19H19NO4/c1-2-17-16(10-19(23)24)15-9-14(22)7-8-18(15)20(17)11-12-3-5-13(21)6-4-12/h3-9,21-22H,2,10-11H2,1H3,(H,23,24). The predicted octanol–water partition coefficient (Wildman–Crippen LogP) is 3.29. The number of rotatable bonds is 5. The molecule has 0 aliphatic carbocycles. The van der Waals surface area contributed by atoms with Crippen molar-refractivity contribution in [2.45, 2.75) is 26.3 Å². The normalized spacial score (nSPS) is 11.0. The summed E-state index contributed by atoms with van der Waals surface area (Å²) in [5.74, 6) is -0.557. The molecule has 0 radical (unpaired) electrons. The van der Waals surface area contributed by atoms with Crippen LogP contribution in [-0.4, -0.2) is 25.9 Å². The Hall–Kier alpha value is -2.95. The van der Waals surface area contributed by atoms with Gasteiger partial charge in [-0.25, -0.2) is 0 Å². The van der Waals surface area contributed by atoms with Crippen molar-refractivity contribution in [2.24, 2.45) is 0 Å². The Balaban J connectivity index is 2.18. The van der Waals surface area contributed by atoms with E-state index in [1.807, 2.05) is 25.1 Å². The Kier molecular flexibility index (Phi) is 4.16. The van der Waals surface area contributed by atoms with E-state index in [9.17, 15) is 20.1 Å². The maximum Gasteiger partial charge on any atom is 0.307 e. The lowest BCUT2D eigenvalue weighted by Crippen LogP contribution is -2.07. The van der Waals surface area contributed by atoms with Crippen LogP contribution in [0.5, 0.6) is 11.5 Å². The number of aromatic hydroxyl groups is 2. The number of aromatic nitrogens is 1. The van der Waals surface area contributed by atoms with E-state index >= 15 is 0 Å². The van der Waals surface area contributed by atoms with Crippen molar-refractivity contribution in [2.75, 3.05) is 0 Å². The first-order valence-electron chi connectivity index (χ1n) is 7.82. The lowest BCUT2D eigenvalue weighted by atomic mass is 10.1. The van der Waals surface area contributed by atoms with Gasteiger partial charge in [-0.1, -0.05) is 19.1 Å². The molecule has 0 saturated carbocycles. The van der Waals surface area contributed by atoms with Gasteiger partial charge in [0.1, 0.15) is 11.5 Å². The molecule has 5 nitrogen and oxygen atoms in total. The third-order valence-electron chi connectivity index (χ3n) is 4.21. The topological polar surface area (TPSA) is 82.7 Å². The van der Waals surface area contributed by atoms with Crippen molar-refractivity contribution in [1.82, 2.24) is 4.57 Å². The number of phenols is 2. The number of phenolic OH excluding ortho intramolecular Hbond substituents is 2. The first kappa shape index (κ1) is 15.9. The van der Waals surface area contributed by atoms with E-state index in [0.29, 0.717) is 13.0 Å². The van der Waals surface area contributed by atoms with Gasteiger partial charge in [0.2, 0.25) is 0 Å². The second-order valence-electron chi connectivity index (χ2n) is 5.80. The summed E-state index contributed by atoms with van der Waals surface area (Å²) in [6.45, 7) is 2.57. The van der Waals surface area contributed by atoms with Crippen LogP contribution in [0.15, 0.2) is 42.5 Å². The number of carboxylic acids is 1. The molecule has 0 saturated heterocycles. The maximum atomic E-state index is 11.3. The van der Waals surface area contributed by atoms with Crippen LogP contribution in [0.4, 0.5) is 0 Å². The average Bonchev–Trinajstić information content (AvgIpc) is 2.81. The van der Waals surface area contributed by atoms with Gasteiger partial charge < -0.3 is 19.9 Å². The number of benzene rings is 2. The van der Waals surface area contributed by atoms with E-state index in [0.717, 1.165) is 27.7 Å². The largest absolute Gasteiger partial charge is 0.508 e. The summed E-state index contributed by atoms with van der Waals surface area (Å²) in [6, 6.07) is 12.0. The molecule has 0 aliphatic heterocycles. The highest BCUT2D eigenvalue weighted by Gasteiger charge is 2.18. The number of aliphatic carboxylic acids is 1. The number of carbonyl (C=O) groups is 1. The molecule has 0 atom stereocenters. The van der Waals surface area contributed by atoms with Crippen LogP contribution in [-0.2, 0) is 24.2 Å². The predicted molar refractivity (Wildman–Crippen MR) is 91.5 cm³/mol. The molecule has 3 rings (SSSR count). The van der Waals surface area contributed by atoms with E-state index in [2.05, 4.69) is 4.57 Å². The second-order valence-corrected chi connectivity index (χ2v) is 5.80. The molecule has 0 bridgehead atoms. The molecule has 0 unspecified atom stereocenters. The molecule has 3 N–H and O–H groups in total. The fourth-order valence-electron chi connectivity index (χ4n) is 3.18. The fourth-order valence-corrected chi connectivity index (χ4v) is 3.18. The highest BCUT2D eigenvalue weighted by molar-refractivity contribution is 5.90. The van der Waals surface area contributed by atoms with Crippen molar-refractivity contribution in [3.8, 4) is 11.5 Å². The summed E-state index contributed by atoms with van der Waals surface area (Å²) in [6.07, 6.45) is 0.613. The van der Waals surface area contributed by atoms with E-state index in [1.54, 1.807) is 24.3 Å². The third-order valence-corrected chi connectivity index (χ3v) is 4.21. The van der Waals surface area contributed by atoms with Crippen LogP contribution in [0.25, 0.3) is 10.9 Å². The van der Waals surface area contributed by atoms with Crippen molar-refractivity contribution in [1.29, 1.82) is 0 Å². The minimum absolute atomic E-state index is 0.0777. The Labute approximate surface area is 139 Å². The number of fused-ring (bicyclic) bond motifs is 1. The number of hydrogen-bond acceptors (Lipinski definition) is 3. The summed E-state index contributed by atoms with van der Waals surface area (Å²) in [5.41, 5.74) is 3.60. The summed E-state index contributed by atoms with van der Waals surface area (Å²) in [5, 5.41) is 29.2. The molecular formula is C19H19NO4. The Bertz CT molecular complexity index is 894. The minimum Gasteiger partial charge on any atom is -0.508 e. The van der Waals surface area contributed by atoms with E-state index in [4.69, 9.17) is 0 Å². The molecule has 3 aromatic rings. The van der Waals surface area contributed by atoms with Gasteiger partial charge in [0.05, 0.1) is 6.42 Å². The lowest BCUT2D eigenvalue weighted by molar-refractivity contribution is -0.136. The van der Waals surface area contributed by atoms with Crippen LogP contribution >= 0.6 is 0 Å². The molecule has 0 spiro atoms. The number of hydrogen-bond donors (Lipinski definition) is 3. The Morgan fingerprint density at radius 3 is 2.33 bits per heavy atom. The summed E-state index contributed by atoms with van der Waals surface area (Å²) in [4.78, 5) is 11.3. The van der Waals surface area contributed by atoms with Crippen LogP contribution in [0.1, 0.15) is 23.7 Å². The Morgan fingerprint density at radius 1 is 1.04 bits per heavy atom. The summed E-state index contributed by atoms with van der Waals surface area (Å²) < 4.78 is 2.08. The molecule has 1 aromatic heterocycles. The van der Waals surface area contributed by atoms with Crippen molar-refractivity contribution >= 4 is 16.9 Å². The molecule has 0 fully saturated rings. The molecule has 2 aromatic carbocycles. The zero-order valence-corrected chi connectivity index (χ0v) is 13.4. The van der Waals surface area contributed by atoms with Gasteiger partial charge in [-0.2, -0.15) is 0 Å². The lowest BCUT2D eigenvalue weighted by Gasteiger charge is -2.11. The van der Waals surface area contributed by atoms with Gasteiger partial charge in [0.25, 0.3) is 0 Å². The zero-order chi connectivity index (χ0) is 17.3. The molecular weight excluding hydrogens is 306 g/mol. The molecule has 24 heavy (non-hydrogen) atoms. The fraction of sp³-hybridized carbons (Fsp3) is 0.211. The maximum absolute atomic E-state index is 11.3. The quantitative estimate of drug-likeness (QED) is 0.672. The number of carboxylic acid groups (broad SMARTS) is 1. The summed E-state index contributed by atoms with van der Waals surface area (Å²) in [7, 11) is 0. The highest BCUT2D eigenvalue weighted by Crippen LogP contribution is 2.31. The third kappa shape index (κ3) is 2.93. The van der Waals surface area contributed by atoms with Crippen LogP contribution in [0.3, 0.4) is 0 Å². The second kappa shape index (κ2) is 6.28. The zero-order valence-electron chi connectivity index (χ0n) is 13.4. The van der Waals surface area contributed by atoms with Gasteiger partial charge in [-0.05, 0) is 47.9 Å². The molecule has 5 heteroatoms. The minimum atomic E-state index is -0.892. The number of nitrogens with zero attached hydrogens (tertiary/aromatic N) is 1. The smallest absolute Gasteiger partial charge is 0.307 e. The molecule has 0 amide bonds. The van der Waals surface area contributed by atoms with Crippen molar-refractivity contribution in [3.63, 3.8) is 0 Å². The van der Waals surface area contributed by atoms with E-state index in [1.165, 1.54) is 0 Å².